The topological polar surface area (TPSA) is 62.3 Å². The monoisotopic (exact) mass is 337 g/mol. The number of amides is 2. The van der Waals surface area contributed by atoms with E-state index >= 15 is 0 Å². The molecule has 0 unspecified atom stereocenters. The van der Waals surface area contributed by atoms with Gasteiger partial charge in [-0.3, -0.25) is 14.6 Å². The number of aryl methyl sites for hydroxylation is 2. The van der Waals surface area contributed by atoms with E-state index in [-0.39, 0.29) is 17.9 Å². The molecule has 1 fully saturated rings. The Morgan fingerprint density at radius 3 is 2.48 bits per heavy atom. The highest BCUT2D eigenvalue weighted by atomic mass is 16.2. The van der Waals surface area contributed by atoms with Crippen LogP contribution in [0, 0.1) is 13.8 Å². The Labute approximate surface area is 148 Å². The van der Waals surface area contributed by atoms with Crippen LogP contribution in [-0.4, -0.2) is 40.8 Å². The van der Waals surface area contributed by atoms with Crippen molar-refractivity contribution in [2.75, 3.05) is 13.1 Å². The van der Waals surface area contributed by atoms with Gasteiger partial charge >= 0.3 is 0 Å². The van der Waals surface area contributed by atoms with Gasteiger partial charge in [0, 0.05) is 30.9 Å². The Morgan fingerprint density at radius 1 is 1.08 bits per heavy atom. The summed E-state index contributed by atoms with van der Waals surface area (Å²) < 4.78 is 0. The highest BCUT2D eigenvalue weighted by Gasteiger charge is 2.25. The van der Waals surface area contributed by atoms with Crippen LogP contribution in [0.25, 0.3) is 0 Å². The number of carbonyl (C=O) groups is 2. The van der Waals surface area contributed by atoms with Crippen LogP contribution in [0.3, 0.4) is 0 Å². The second kappa shape index (κ2) is 7.47. The predicted molar refractivity (Wildman–Crippen MR) is 96.5 cm³/mol. The summed E-state index contributed by atoms with van der Waals surface area (Å²) in [5.41, 5.74) is 3.46. The number of aromatic nitrogens is 1. The van der Waals surface area contributed by atoms with E-state index in [1.54, 1.807) is 23.2 Å². The van der Waals surface area contributed by atoms with Crippen molar-refractivity contribution in [2.24, 2.45) is 0 Å². The van der Waals surface area contributed by atoms with Crippen LogP contribution in [0.4, 0.5) is 0 Å². The van der Waals surface area contributed by atoms with E-state index in [1.807, 2.05) is 38.1 Å². The average molecular weight is 337 g/mol. The fourth-order valence-corrected chi connectivity index (χ4v) is 3.03. The number of pyridine rings is 1. The Balaban J connectivity index is 1.54. The van der Waals surface area contributed by atoms with Gasteiger partial charge in [0.05, 0.1) is 0 Å². The third-order valence-electron chi connectivity index (χ3n) is 4.77. The highest BCUT2D eigenvalue weighted by molar-refractivity contribution is 5.95. The van der Waals surface area contributed by atoms with E-state index in [1.165, 1.54) is 5.56 Å². The maximum atomic E-state index is 12.4. The zero-order valence-corrected chi connectivity index (χ0v) is 14.7. The molecule has 2 amide bonds. The van der Waals surface area contributed by atoms with Gasteiger partial charge in [-0.1, -0.05) is 12.1 Å². The van der Waals surface area contributed by atoms with Gasteiger partial charge in [-0.25, -0.2) is 0 Å². The molecule has 2 aromatic rings. The molecule has 0 spiro atoms. The molecule has 1 aromatic carbocycles. The lowest BCUT2D eigenvalue weighted by Crippen LogP contribution is -2.46. The molecule has 25 heavy (non-hydrogen) atoms. The third kappa shape index (κ3) is 4.05. The third-order valence-corrected chi connectivity index (χ3v) is 4.77. The second-order valence-corrected chi connectivity index (χ2v) is 6.55. The summed E-state index contributed by atoms with van der Waals surface area (Å²) >= 11 is 0. The van der Waals surface area contributed by atoms with Crippen molar-refractivity contribution >= 4 is 11.8 Å². The van der Waals surface area contributed by atoms with Crippen LogP contribution in [0.1, 0.15) is 44.8 Å². The minimum Gasteiger partial charge on any atom is -0.349 e. The summed E-state index contributed by atoms with van der Waals surface area (Å²) in [5.74, 6) is -0.0860. The summed E-state index contributed by atoms with van der Waals surface area (Å²) in [6, 6.07) is 11.2. The molecule has 5 heteroatoms. The van der Waals surface area contributed by atoms with E-state index in [0.717, 1.165) is 18.4 Å². The second-order valence-electron chi connectivity index (χ2n) is 6.55. The van der Waals surface area contributed by atoms with Crippen molar-refractivity contribution in [3.05, 3.63) is 65.0 Å². The van der Waals surface area contributed by atoms with Gasteiger partial charge in [-0.2, -0.15) is 0 Å². The van der Waals surface area contributed by atoms with Crippen LogP contribution >= 0.6 is 0 Å². The van der Waals surface area contributed by atoms with Gasteiger partial charge in [0.15, 0.2) is 0 Å². The molecule has 0 saturated carbocycles. The number of rotatable bonds is 3. The van der Waals surface area contributed by atoms with Crippen molar-refractivity contribution in [3.8, 4) is 0 Å². The molecule has 0 atom stereocenters. The number of nitrogens with one attached hydrogen (secondary N) is 1. The number of benzene rings is 1. The zero-order chi connectivity index (χ0) is 17.8. The van der Waals surface area contributed by atoms with Crippen molar-refractivity contribution in [1.29, 1.82) is 0 Å². The smallest absolute Gasteiger partial charge is 0.272 e. The number of carbonyl (C=O) groups excluding carboxylic acids is 2. The van der Waals surface area contributed by atoms with E-state index in [0.29, 0.717) is 24.3 Å². The molecule has 1 aliphatic rings. The van der Waals surface area contributed by atoms with Gasteiger partial charge in [-0.05, 0) is 62.1 Å². The van der Waals surface area contributed by atoms with Crippen LogP contribution in [0.15, 0.2) is 42.6 Å². The molecular formula is C20H23N3O2. The Bertz CT molecular complexity index is 766. The quantitative estimate of drug-likeness (QED) is 0.937. The number of likely N-dealkylation sites (tertiary alicyclic amines) is 1. The standard InChI is InChI=1S/C20H23N3O2/c1-14-6-7-16(13-15(14)2)19(24)22-17-8-11-23(12-9-17)20(25)18-5-3-4-10-21-18/h3-7,10,13,17H,8-9,11-12H2,1-2H3,(H,22,24). The van der Waals surface area contributed by atoms with Crippen LogP contribution in [0.2, 0.25) is 0 Å². The lowest BCUT2D eigenvalue weighted by Gasteiger charge is -2.32. The lowest BCUT2D eigenvalue weighted by molar-refractivity contribution is 0.0692. The van der Waals surface area contributed by atoms with Crippen molar-refractivity contribution in [2.45, 2.75) is 32.7 Å². The maximum absolute atomic E-state index is 12.4. The predicted octanol–water partition coefficient (Wildman–Crippen LogP) is 2.73. The molecule has 1 aliphatic heterocycles. The van der Waals surface area contributed by atoms with Gasteiger partial charge in [0.25, 0.3) is 11.8 Å². The van der Waals surface area contributed by atoms with Gasteiger partial charge < -0.3 is 10.2 Å². The largest absolute Gasteiger partial charge is 0.349 e. The number of nitrogens with zero attached hydrogens (tertiary/aromatic N) is 2. The first-order valence-corrected chi connectivity index (χ1v) is 8.63. The van der Waals surface area contributed by atoms with E-state index in [9.17, 15) is 9.59 Å². The van der Waals surface area contributed by atoms with Gasteiger partial charge in [0.1, 0.15) is 5.69 Å². The molecule has 130 valence electrons. The van der Waals surface area contributed by atoms with Crippen LogP contribution in [-0.2, 0) is 0 Å². The molecule has 1 aromatic heterocycles. The Kier molecular flexibility index (Phi) is 5.12. The molecule has 5 nitrogen and oxygen atoms in total. The molecule has 1 saturated heterocycles. The maximum Gasteiger partial charge on any atom is 0.272 e. The summed E-state index contributed by atoms with van der Waals surface area (Å²) in [5, 5.41) is 3.09. The zero-order valence-electron chi connectivity index (χ0n) is 14.7. The molecular weight excluding hydrogens is 314 g/mol. The summed E-state index contributed by atoms with van der Waals surface area (Å²) in [4.78, 5) is 30.7. The first kappa shape index (κ1) is 17.1. The highest BCUT2D eigenvalue weighted by Crippen LogP contribution is 2.15. The number of hydrogen-bond acceptors (Lipinski definition) is 3. The van der Waals surface area contributed by atoms with Crippen LogP contribution in [0.5, 0.6) is 0 Å². The Morgan fingerprint density at radius 2 is 1.84 bits per heavy atom. The van der Waals surface area contributed by atoms with Crippen molar-refractivity contribution < 1.29 is 9.59 Å². The van der Waals surface area contributed by atoms with Crippen molar-refractivity contribution in [1.82, 2.24) is 15.2 Å². The number of hydrogen-bond donors (Lipinski definition) is 1. The molecule has 0 radical (unpaired) electrons. The Hall–Kier alpha value is -2.69. The molecule has 3 rings (SSSR count). The summed E-state index contributed by atoms with van der Waals surface area (Å²) in [6.07, 6.45) is 3.15. The summed E-state index contributed by atoms with van der Waals surface area (Å²) in [6.45, 7) is 5.31. The van der Waals surface area contributed by atoms with Crippen molar-refractivity contribution in [3.63, 3.8) is 0 Å². The van der Waals surface area contributed by atoms with E-state index < -0.39 is 0 Å². The fourth-order valence-electron chi connectivity index (χ4n) is 3.03. The molecule has 2 heterocycles. The fraction of sp³-hybridized carbons (Fsp3) is 0.350. The summed E-state index contributed by atoms with van der Waals surface area (Å²) in [7, 11) is 0. The normalized spacial score (nSPS) is 15.0. The van der Waals surface area contributed by atoms with Gasteiger partial charge in [-0.15, -0.1) is 0 Å². The SMILES string of the molecule is Cc1ccc(C(=O)NC2CCN(C(=O)c3ccccn3)CC2)cc1C. The van der Waals surface area contributed by atoms with Gasteiger partial charge in [0.2, 0.25) is 0 Å². The molecule has 0 aliphatic carbocycles. The first-order chi connectivity index (χ1) is 12.0. The van der Waals surface area contributed by atoms with E-state index in [2.05, 4.69) is 10.3 Å². The first-order valence-electron chi connectivity index (χ1n) is 8.63. The lowest BCUT2D eigenvalue weighted by atomic mass is 10.0. The molecule has 1 N–H and O–H groups in total. The van der Waals surface area contributed by atoms with Crippen LogP contribution < -0.4 is 5.32 Å². The number of piperidine rings is 1. The van der Waals surface area contributed by atoms with E-state index in [4.69, 9.17) is 0 Å². The minimum atomic E-state index is -0.0439. The minimum absolute atomic E-state index is 0.0421. The molecule has 0 bridgehead atoms. The average Bonchev–Trinajstić information content (AvgIpc) is 2.64.